The van der Waals surface area contributed by atoms with E-state index in [4.69, 9.17) is 11.6 Å². The van der Waals surface area contributed by atoms with Crippen molar-refractivity contribution in [2.75, 3.05) is 63.8 Å². The molecule has 0 atom stereocenters. The highest BCUT2D eigenvalue weighted by Crippen LogP contribution is 2.24. The normalized spacial score (nSPS) is 23.2. The van der Waals surface area contributed by atoms with Crippen molar-refractivity contribution in [3.05, 3.63) is 29.3 Å². The summed E-state index contributed by atoms with van der Waals surface area (Å²) in [4.78, 5) is 22.2. The van der Waals surface area contributed by atoms with E-state index in [9.17, 15) is 4.79 Å². The molecule has 3 fully saturated rings. The van der Waals surface area contributed by atoms with Crippen molar-refractivity contribution < 1.29 is 4.79 Å². The molecule has 0 spiro atoms. The third-order valence-electron chi connectivity index (χ3n) is 6.68. The quantitative estimate of drug-likeness (QED) is 0.771. The molecule has 3 aliphatic rings. The van der Waals surface area contributed by atoms with Gasteiger partial charge in [-0.2, -0.15) is 0 Å². The number of anilines is 1. The Bertz CT molecular complexity index is 630. The second-order valence-electron chi connectivity index (χ2n) is 8.45. The largest absolute Gasteiger partial charge is 0.369 e. The van der Waals surface area contributed by atoms with Gasteiger partial charge in [-0.3, -0.25) is 14.6 Å². The van der Waals surface area contributed by atoms with Gasteiger partial charge in [0.1, 0.15) is 0 Å². The summed E-state index contributed by atoms with van der Waals surface area (Å²) in [6.45, 7) is 8.29. The lowest BCUT2D eigenvalue weighted by Gasteiger charge is -2.41. The van der Waals surface area contributed by atoms with Crippen LogP contribution >= 0.6 is 11.6 Å². The predicted molar refractivity (Wildman–Crippen MR) is 115 cm³/mol. The fraction of sp³-hybridized carbons (Fsp3) is 0.682. The molecule has 5 nitrogen and oxygen atoms in total. The van der Waals surface area contributed by atoms with Crippen molar-refractivity contribution in [1.82, 2.24) is 14.7 Å². The Morgan fingerprint density at radius 3 is 2.14 bits per heavy atom. The molecule has 0 radical (unpaired) electrons. The van der Waals surface area contributed by atoms with Crippen molar-refractivity contribution in [1.29, 1.82) is 0 Å². The second kappa shape index (κ2) is 9.47. The predicted octanol–water partition coefficient (Wildman–Crippen LogP) is 2.94. The van der Waals surface area contributed by atoms with E-state index in [-0.39, 0.29) is 0 Å². The number of carbonyl (C=O) groups excluding carboxylic acids is 1. The topological polar surface area (TPSA) is 30.0 Å². The molecule has 0 aromatic heterocycles. The van der Waals surface area contributed by atoms with Gasteiger partial charge in [0.25, 0.3) is 0 Å². The molecule has 1 amide bonds. The lowest BCUT2D eigenvalue weighted by Crippen LogP contribution is -2.55. The Hall–Kier alpha value is -1.30. The molecule has 154 valence electrons. The van der Waals surface area contributed by atoms with Crippen molar-refractivity contribution in [2.45, 2.75) is 38.1 Å². The van der Waals surface area contributed by atoms with Gasteiger partial charge in [0.15, 0.2) is 0 Å². The summed E-state index contributed by atoms with van der Waals surface area (Å²) in [6.07, 6.45) is 6.87. The first kappa shape index (κ1) is 20.0. The molecule has 2 aliphatic heterocycles. The molecular weight excluding hydrogens is 372 g/mol. The van der Waals surface area contributed by atoms with Gasteiger partial charge >= 0.3 is 0 Å². The van der Waals surface area contributed by atoms with Gasteiger partial charge in [-0.1, -0.05) is 30.9 Å². The van der Waals surface area contributed by atoms with Gasteiger partial charge in [0.2, 0.25) is 5.91 Å². The van der Waals surface area contributed by atoms with Crippen LogP contribution in [0.5, 0.6) is 0 Å². The van der Waals surface area contributed by atoms with E-state index in [1.807, 2.05) is 12.1 Å². The Labute approximate surface area is 174 Å². The van der Waals surface area contributed by atoms with Crippen LogP contribution in [0.25, 0.3) is 0 Å². The van der Waals surface area contributed by atoms with Crippen LogP contribution in [0, 0.1) is 0 Å². The lowest BCUT2D eigenvalue weighted by atomic mass is 9.94. The lowest BCUT2D eigenvalue weighted by molar-refractivity contribution is -0.134. The number of benzene rings is 1. The smallest absolute Gasteiger partial charge is 0.236 e. The van der Waals surface area contributed by atoms with Crippen LogP contribution in [-0.2, 0) is 4.79 Å². The summed E-state index contributed by atoms with van der Waals surface area (Å²) in [7, 11) is 0. The van der Waals surface area contributed by atoms with E-state index in [2.05, 4.69) is 31.7 Å². The minimum atomic E-state index is 0.309. The van der Waals surface area contributed by atoms with Gasteiger partial charge in [0.05, 0.1) is 6.54 Å². The van der Waals surface area contributed by atoms with Gasteiger partial charge < -0.3 is 9.80 Å². The first-order valence-electron chi connectivity index (χ1n) is 10.9. The molecule has 0 bridgehead atoms. The molecular formula is C22H33ClN4O. The Morgan fingerprint density at radius 1 is 0.857 bits per heavy atom. The van der Waals surface area contributed by atoms with Crippen molar-refractivity contribution in [2.24, 2.45) is 0 Å². The molecule has 2 heterocycles. The van der Waals surface area contributed by atoms with Gasteiger partial charge in [-0.05, 0) is 37.1 Å². The third-order valence-corrected chi connectivity index (χ3v) is 6.93. The van der Waals surface area contributed by atoms with E-state index in [0.717, 1.165) is 63.4 Å². The molecule has 1 aromatic rings. The van der Waals surface area contributed by atoms with Crippen LogP contribution in [0.1, 0.15) is 32.1 Å². The van der Waals surface area contributed by atoms with E-state index >= 15 is 0 Å². The molecule has 1 aromatic carbocycles. The average Bonchev–Trinajstić information content (AvgIpc) is 2.76. The highest BCUT2D eigenvalue weighted by molar-refractivity contribution is 6.30. The number of amides is 1. The highest BCUT2D eigenvalue weighted by Gasteiger charge is 2.28. The van der Waals surface area contributed by atoms with Crippen LogP contribution in [0.2, 0.25) is 5.02 Å². The number of piperazine rings is 2. The van der Waals surface area contributed by atoms with Crippen LogP contribution < -0.4 is 4.90 Å². The van der Waals surface area contributed by atoms with Crippen molar-refractivity contribution in [3.63, 3.8) is 0 Å². The number of halogens is 1. The van der Waals surface area contributed by atoms with Crippen molar-refractivity contribution >= 4 is 23.2 Å². The van der Waals surface area contributed by atoms with Gasteiger partial charge in [-0.25, -0.2) is 0 Å². The summed E-state index contributed by atoms with van der Waals surface area (Å²) in [5, 5.41) is 0.775. The minimum absolute atomic E-state index is 0.309. The van der Waals surface area contributed by atoms with E-state index in [1.165, 1.54) is 37.8 Å². The van der Waals surface area contributed by atoms with E-state index in [1.54, 1.807) is 0 Å². The summed E-state index contributed by atoms with van der Waals surface area (Å²) in [6, 6.07) is 8.82. The molecule has 6 heteroatoms. The number of rotatable bonds is 4. The zero-order chi connectivity index (χ0) is 19.3. The molecule has 1 saturated carbocycles. The van der Waals surface area contributed by atoms with Crippen LogP contribution in [-0.4, -0.2) is 85.6 Å². The number of carbonyl (C=O) groups is 1. The number of hydrogen-bond donors (Lipinski definition) is 0. The zero-order valence-corrected chi connectivity index (χ0v) is 17.6. The first-order chi connectivity index (χ1) is 13.7. The maximum Gasteiger partial charge on any atom is 0.236 e. The molecule has 0 unspecified atom stereocenters. The van der Waals surface area contributed by atoms with Crippen LogP contribution in [0.3, 0.4) is 0 Å². The fourth-order valence-corrected chi connectivity index (χ4v) is 5.02. The number of hydrogen-bond acceptors (Lipinski definition) is 4. The Kier molecular flexibility index (Phi) is 6.76. The third kappa shape index (κ3) is 5.00. The van der Waals surface area contributed by atoms with E-state index < -0.39 is 0 Å². The maximum absolute atomic E-state index is 12.8. The molecule has 28 heavy (non-hydrogen) atoms. The maximum atomic E-state index is 12.8. The minimum Gasteiger partial charge on any atom is -0.369 e. The molecule has 1 aliphatic carbocycles. The van der Waals surface area contributed by atoms with E-state index in [0.29, 0.717) is 12.5 Å². The monoisotopic (exact) mass is 404 g/mol. The standard InChI is InChI=1S/C22H33ClN4O/c23-19-6-8-21(9-7-19)25-12-10-24(11-13-25)18-22(28)27-16-14-26(15-17-27)20-4-2-1-3-5-20/h6-9,20H,1-5,10-18H2. The SMILES string of the molecule is O=C(CN1CCN(c2ccc(Cl)cc2)CC1)N1CCN(C2CCCCC2)CC1. The summed E-state index contributed by atoms with van der Waals surface area (Å²) >= 11 is 5.99. The van der Waals surface area contributed by atoms with Gasteiger partial charge in [0, 0.05) is 69.1 Å². The first-order valence-corrected chi connectivity index (χ1v) is 11.3. The summed E-state index contributed by atoms with van der Waals surface area (Å²) < 4.78 is 0. The van der Waals surface area contributed by atoms with Crippen LogP contribution in [0.15, 0.2) is 24.3 Å². The van der Waals surface area contributed by atoms with Gasteiger partial charge in [-0.15, -0.1) is 0 Å². The molecule has 2 saturated heterocycles. The molecule has 0 N–H and O–H groups in total. The summed E-state index contributed by atoms with van der Waals surface area (Å²) in [5.41, 5.74) is 1.22. The molecule has 4 rings (SSSR count). The number of nitrogens with zero attached hydrogens (tertiary/aromatic N) is 4. The second-order valence-corrected chi connectivity index (χ2v) is 8.88. The fourth-order valence-electron chi connectivity index (χ4n) is 4.89. The Balaban J connectivity index is 1.19. The highest BCUT2D eigenvalue weighted by atomic mass is 35.5. The zero-order valence-electron chi connectivity index (χ0n) is 16.9. The average molecular weight is 405 g/mol. The van der Waals surface area contributed by atoms with Crippen molar-refractivity contribution in [3.8, 4) is 0 Å². The summed E-state index contributed by atoms with van der Waals surface area (Å²) in [5.74, 6) is 0.309. The Morgan fingerprint density at radius 2 is 1.50 bits per heavy atom. The van der Waals surface area contributed by atoms with Crippen LogP contribution in [0.4, 0.5) is 5.69 Å².